The molecule has 0 aliphatic rings. The number of aliphatic hydroxyl groups is 1. The van der Waals surface area contributed by atoms with Crippen molar-refractivity contribution in [2.45, 2.75) is 53.5 Å². The number of aliphatic hydroxyl groups excluding tert-OH is 1. The molecule has 0 rings (SSSR count). The van der Waals surface area contributed by atoms with E-state index in [0.29, 0.717) is 19.8 Å². The van der Waals surface area contributed by atoms with Gasteiger partial charge in [0.1, 0.15) is 0 Å². The van der Waals surface area contributed by atoms with Gasteiger partial charge in [-0.15, -0.1) is 0 Å². The molecular formula is C16H38NO4Si+. The fourth-order valence-corrected chi connectivity index (χ4v) is 5.65. The summed E-state index contributed by atoms with van der Waals surface area (Å²) in [4.78, 5) is 0. The lowest BCUT2D eigenvalue weighted by Gasteiger charge is -2.39. The van der Waals surface area contributed by atoms with E-state index < -0.39 is 8.80 Å². The Morgan fingerprint density at radius 3 is 1.64 bits per heavy atom. The number of quaternary nitrogens is 1. The molecule has 5 nitrogen and oxygen atoms in total. The summed E-state index contributed by atoms with van der Waals surface area (Å²) >= 11 is 0. The van der Waals surface area contributed by atoms with E-state index in [0.717, 1.165) is 49.5 Å². The van der Waals surface area contributed by atoms with Crippen molar-refractivity contribution in [1.29, 1.82) is 0 Å². The van der Waals surface area contributed by atoms with Gasteiger partial charge in [0.25, 0.3) is 0 Å². The molecule has 0 aromatic rings. The van der Waals surface area contributed by atoms with E-state index in [1.807, 2.05) is 20.8 Å². The SMILES string of the molecule is CCO[Si](CC[N+](CC)(CC)CCCCO)(OCC)OCC. The minimum absolute atomic E-state index is 0.281. The fourth-order valence-electron chi connectivity index (χ4n) is 2.90. The summed E-state index contributed by atoms with van der Waals surface area (Å²) < 4.78 is 18.9. The first kappa shape index (κ1) is 22.0. The first-order valence-electron chi connectivity index (χ1n) is 8.95. The van der Waals surface area contributed by atoms with E-state index in [4.69, 9.17) is 18.4 Å². The molecule has 0 aromatic heterocycles. The molecule has 0 aliphatic carbocycles. The first-order chi connectivity index (χ1) is 10.6. The second-order valence-corrected chi connectivity index (χ2v) is 8.32. The fraction of sp³-hybridized carbons (Fsp3) is 1.00. The smallest absolute Gasteiger partial charge is 0.396 e. The van der Waals surface area contributed by atoms with Crippen LogP contribution in [0.5, 0.6) is 0 Å². The molecule has 0 spiro atoms. The van der Waals surface area contributed by atoms with Crippen LogP contribution < -0.4 is 0 Å². The van der Waals surface area contributed by atoms with Gasteiger partial charge in [0.15, 0.2) is 0 Å². The highest BCUT2D eigenvalue weighted by atomic mass is 28.4. The minimum atomic E-state index is -2.55. The van der Waals surface area contributed by atoms with Gasteiger partial charge >= 0.3 is 8.80 Å². The van der Waals surface area contributed by atoms with Gasteiger partial charge in [0, 0.05) is 26.4 Å². The Kier molecular flexibility index (Phi) is 12.5. The van der Waals surface area contributed by atoms with Gasteiger partial charge in [-0.1, -0.05) is 0 Å². The first-order valence-corrected chi connectivity index (χ1v) is 10.9. The maximum atomic E-state index is 9.02. The largest absolute Gasteiger partial charge is 0.506 e. The average Bonchev–Trinajstić information content (AvgIpc) is 2.52. The Labute approximate surface area is 138 Å². The standard InChI is InChI=1S/C16H38NO4Si/c1-6-17(7-2,13-11-12-15-18)14-16-22(19-8-3,20-9-4)21-10-5/h18H,6-16H2,1-5H3/q+1. The second kappa shape index (κ2) is 12.4. The molecule has 134 valence electrons. The summed E-state index contributed by atoms with van der Waals surface area (Å²) in [6.45, 7) is 17.0. The van der Waals surface area contributed by atoms with Gasteiger partial charge < -0.3 is 22.9 Å². The normalized spacial score (nSPS) is 12.8. The highest BCUT2D eigenvalue weighted by molar-refractivity contribution is 6.60. The third kappa shape index (κ3) is 7.52. The highest BCUT2D eigenvalue weighted by Gasteiger charge is 2.43. The summed E-state index contributed by atoms with van der Waals surface area (Å²) in [5, 5.41) is 9.02. The summed E-state index contributed by atoms with van der Waals surface area (Å²) in [6, 6.07) is 0.864. The van der Waals surface area contributed by atoms with E-state index in [1.54, 1.807) is 0 Å². The second-order valence-electron chi connectivity index (χ2n) is 5.58. The Bertz CT molecular complexity index is 246. The number of rotatable bonds is 15. The van der Waals surface area contributed by atoms with Gasteiger partial charge in [-0.05, 0) is 47.5 Å². The predicted octanol–water partition coefficient (Wildman–Crippen LogP) is 2.66. The third-order valence-electron chi connectivity index (χ3n) is 4.37. The van der Waals surface area contributed by atoms with Crippen LogP contribution in [0.15, 0.2) is 0 Å². The maximum absolute atomic E-state index is 9.02. The molecule has 6 heteroatoms. The molecule has 0 aliphatic heterocycles. The zero-order valence-corrected chi connectivity index (χ0v) is 16.4. The number of nitrogens with zero attached hydrogens (tertiary/aromatic N) is 1. The Morgan fingerprint density at radius 2 is 1.27 bits per heavy atom. The lowest BCUT2D eigenvalue weighted by Crippen LogP contribution is -2.54. The highest BCUT2D eigenvalue weighted by Crippen LogP contribution is 2.20. The predicted molar refractivity (Wildman–Crippen MR) is 92.8 cm³/mol. The van der Waals surface area contributed by atoms with Crippen LogP contribution in [0, 0.1) is 0 Å². The topological polar surface area (TPSA) is 47.9 Å². The molecule has 0 aromatic carbocycles. The van der Waals surface area contributed by atoms with Gasteiger partial charge in [-0.2, -0.15) is 0 Å². The van der Waals surface area contributed by atoms with Crippen molar-refractivity contribution < 1.29 is 22.9 Å². The van der Waals surface area contributed by atoms with E-state index in [1.165, 1.54) is 0 Å². The van der Waals surface area contributed by atoms with Gasteiger partial charge in [-0.25, -0.2) is 0 Å². The third-order valence-corrected chi connectivity index (χ3v) is 7.39. The van der Waals surface area contributed by atoms with Gasteiger partial charge in [-0.3, -0.25) is 0 Å². The molecular weight excluding hydrogens is 298 g/mol. The molecule has 0 heterocycles. The summed E-state index contributed by atoms with van der Waals surface area (Å²) in [5.41, 5.74) is 0. The van der Waals surface area contributed by atoms with Crippen LogP contribution in [-0.4, -0.2) is 71.0 Å². The molecule has 0 fully saturated rings. The van der Waals surface area contributed by atoms with Gasteiger partial charge in [0.2, 0.25) is 0 Å². The van der Waals surface area contributed by atoms with Crippen LogP contribution in [0.3, 0.4) is 0 Å². The van der Waals surface area contributed by atoms with Crippen LogP contribution in [-0.2, 0) is 13.3 Å². The Morgan fingerprint density at radius 1 is 0.773 bits per heavy atom. The molecule has 0 amide bonds. The van der Waals surface area contributed by atoms with E-state index in [2.05, 4.69) is 13.8 Å². The average molecular weight is 337 g/mol. The van der Waals surface area contributed by atoms with Crippen LogP contribution in [0.2, 0.25) is 6.04 Å². The van der Waals surface area contributed by atoms with Crippen molar-refractivity contribution in [3.63, 3.8) is 0 Å². The van der Waals surface area contributed by atoms with Crippen LogP contribution in [0.25, 0.3) is 0 Å². The van der Waals surface area contributed by atoms with E-state index in [-0.39, 0.29) is 6.61 Å². The van der Waals surface area contributed by atoms with Crippen molar-refractivity contribution >= 4 is 8.80 Å². The monoisotopic (exact) mass is 336 g/mol. The Balaban J connectivity index is 4.84. The zero-order chi connectivity index (χ0) is 16.9. The van der Waals surface area contributed by atoms with Gasteiger partial charge in [0.05, 0.1) is 32.2 Å². The summed E-state index contributed by atoms with van der Waals surface area (Å²) in [7, 11) is -2.55. The van der Waals surface area contributed by atoms with Crippen molar-refractivity contribution in [3.8, 4) is 0 Å². The molecule has 0 unspecified atom stereocenters. The summed E-state index contributed by atoms with van der Waals surface area (Å²) in [6.07, 6.45) is 1.94. The lowest BCUT2D eigenvalue weighted by molar-refractivity contribution is -0.923. The molecule has 1 N–H and O–H groups in total. The van der Waals surface area contributed by atoms with Crippen molar-refractivity contribution in [2.24, 2.45) is 0 Å². The quantitative estimate of drug-likeness (QED) is 0.284. The number of hydrogen-bond donors (Lipinski definition) is 1. The van der Waals surface area contributed by atoms with E-state index in [9.17, 15) is 0 Å². The van der Waals surface area contributed by atoms with Crippen LogP contribution >= 0.6 is 0 Å². The molecule has 0 saturated heterocycles. The van der Waals surface area contributed by atoms with Crippen molar-refractivity contribution in [1.82, 2.24) is 0 Å². The number of unbranched alkanes of at least 4 members (excludes halogenated alkanes) is 1. The Hall–Kier alpha value is 0.0169. The molecule has 22 heavy (non-hydrogen) atoms. The maximum Gasteiger partial charge on any atom is 0.506 e. The number of hydrogen-bond acceptors (Lipinski definition) is 4. The molecule has 0 saturated carbocycles. The van der Waals surface area contributed by atoms with E-state index >= 15 is 0 Å². The lowest BCUT2D eigenvalue weighted by atomic mass is 10.2. The molecule has 0 atom stereocenters. The summed E-state index contributed by atoms with van der Waals surface area (Å²) in [5.74, 6) is 0. The zero-order valence-electron chi connectivity index (χ0n) is 15.4. The minimum Gasteiger partial charge on any atom is -0.396 e. The molecule has 0 radical (unpaired) electrons. The van der Waals surface area contributed by atoms with Crippen molar-refractivity contribution in [2.75, 3.05) is 52.6 Å². The van der Waals surface area contributed by atoms with Crippen LogP contribution in [0.4, 0.5) is 0 Å². The van der Waals surface area contributed by atoms with Crippen LogP contribution in [0.1, 0.15) is 47.5 Å². The molecule has 0 bridgehead atoms. The van der Waals surface area contributed by atoms with Crippen molar-refractivity contribution in [3.05, 3.63) is 0 Å².